The predicted molar refractivity (Wildman–Crippen MR) is 81.2 cm³/mol. The van der Waals surface area contributed by atoms with E-state index in [4.69, 9.17) is 5.73 Å². The molecule has 1 unspecified atom stereocenters. The molecular weight excluding hydrogens is 285 g/mol. The molecule has 0 spiro atoms. The van der Waals surface area contributed by atoms with Crippen molar-refractivity contribution in [1.29, 1.82) is 0 Å². The second kappa shape index (κ2) is 7.35. The van der Waals surface area contributed by atoms with E-state index < -0.39 is 0 Å². The maximum atomic E-state index is 12.8. The van der Waals surface area contributed by atoms with Gasteiger partial charge in [0.25, 0.3) is 0 Å². The van der Waals surface area contributed by atoms with E-state index in [1.54, 1.807) is 12.1 Å². The third-order valence-electron chi connectivity index (χ3n) is 4.24. The minimum absolute atomic E-state index is 0.0677. The van der Waals surface area contributed by atoms with Crippen molar-refractivity contribution < 1.29 is 14.0 Å². The number of nitrogens with two attached hydrogens (primary N) is 1. The van der Waals surface area contributed by atoms with Crippen molar-refractivity contribution in [3.8, 4) is 0 Å². The molecule has 120 valence electrons. The van der Waals surface area contributed by atoms with Crippen LogP contribution in [0.3, 0.4) is 0 Å². The minimum Gasteiger partial charge on any atom is -0.369 e. The Bertz CT molecular complexity index is 525. The standard InChI is InChI=1S/C16H22FN3O2/c1-11(20-8-6-13(7-9-20)15(18)21)16(22)19-10-12-2-4-14(17)5-3-12/h2-5,11,13H,6-10H2,1H3,(H2,18,21)(H,19,22). The van der Waals surface area contributed by atoms with E-state index in [2.05, 4.69) is 10.2 Å². The van der Waals surface area contributed by atoms with Gasteiger partial charge in [-0.05, 0) is 50.6 Å². The van der Waals surface area contributed by atoms with Crippen LogP contribution < -0.4 is 11.1 Å². The molecule has 0 radical (unpaired) electrons. The highest BCUT2D eigenvalue weighted by Gasteiger charge is 2.28. The summed E-state index contributed by atoms with van der Waals surface area (Å²) in [6.45, 7) is 3.61. The molecule has 6 heteroatoms. The zero-order chi connectivity index (χ0) is 16.1. The van der Waals surface area contributed by atoms with Gasteiger partial charge in [0, 0.05) is 12.5 Å². The van der Waals surface area contributed by atoms with Crippen molar-refractivity contribution in [3.05, 3.63) is 35.6 Å². The van der Waals surface area contributed by atoms with Crippen LogP contribution in [0.2, 0.25) is 0 Å². The fraction of sp³-hybridized carbons (Fsp3) is 0.500. The van der Waals surface area contributed by atoms with E-state index in [1.807, 2.05) is 6.92 Å². The minimum atomic E-state index is -0.291. The van der Waals surface area contributed by atoms with Crippen molar-refractivity contribution in [1.82, 2.24) is 10.2 Å². The summed E-state index contributed by atoms with van der Waals surface area (Å²) in [6, 6.07) is 5.80. The lowest BCUT2D eigenvalue weighted by atomic mass is 9.95. The second-order valence-electron chi connectivity index (χ2n) is 5.73. The topological polar surface area (TPSA) is 75.4 Å². The van der Waals surface area contributed by atoms with Gasteiger partial charge in [0.15, 0.2) is 0 Å². The van der Waals surface area contributed by atoms with E-state index in [9.17, 15) is 14.0 Å². The van der Waals surface area contributed by atoms with Gasteiger partial charge in [-0.15, -0.1) is 0 Å². The first-order valence-electron chi connectivity index (χ1n) is 7.53. The molecule has 1 heterocycles. The number of piperidine rings is 1. The van der Waals surface area contributed by atoms with Gasteiger partial charge in [0.2, 0.25) is 11.8 Å². The summed E-state index contributed by atoms with van der Waals surface area (Å²) < 4.78 is 12.8. The summed E-state index contributed by atoms with van der Waals surface area (Å²) in [7, 11) is 0. The number of nitrogens with zero attached hydrogens (tertiary/aromatic N) is 1. The number of carbonyl (C=O) groups excluding carboxylic acids is 2. The zero-order valence-electron chi connectivity index (χ0n) is 12.7. The summed E-state index contributed by atoms with van der Waals surface area (Å²) in [5.74, 6) is -0.693. The van der Waals surface area contributed by atoms with Crippen LogP contribution in [0.4, 0.5) is 4.39 Å². The Morgan fingerprint density at radius 3 is 2.45 bits per heavy atom. The molecule has 0 aliphatic carbocycles. The maximum absolute atomic E-state index is 12.8. The van der Waals surface area contributed by atoms with E-state index in [1.165, 1.54) is 12.1 Å². The first-order chi connectivity index (χ1) is 10.5. The van der Waals surface area contributed by atoms with Crippen LogP contribution in [0.15, 0.2) is 24.3 Å². The highest BCUT2D eigenvalue weighted by molar-refractivity contribution is 5.81. The monoisotopic (exact) mass is 307 g/mol. The molecule has 5 nitrogen and oxygen atoms in total. The molecule has 1 saturated heterocycles. The average molecular weight is 307 g/mol. The van der Waals surface area contributed by atoms with Crippen molar-refractivity contribution in [2.24, 2.45) is 11.7 Å². The number of halogens is 1. The van der Waals surface area contributed by atoms with Crippen molar-refractivity contribution in [2.45, 2.75) is 32.4 Å². The SMILES string of the molecule is CC(C(=O)NCc1ccc(F)cc1)N1CCC(C(N)=O)CC1. The smallest absolute Gasteiger partial charge is 0.237 e. The first-order valence-corrected chi connectivity index (χ1v) is 7.53. The van der Waals surface area contributed by atoms with Gasteiger partial charge in [-0.1, -0.05) is 12.1 Å². The van der Waals surface area contributed by atoms with Gasteiger partial charge >= 0.3 is 0 Å². The number of nitrogens with one attached hydrogen (secondary N) is 1. The molecule has 22 heavy (non-hydrogen) atoms. The molecule has 0 bridgehead atoms. The van der Waals surface area contributed by atoms with Gasteiger partial charge in [0.1, 0.15) is 5.82 Å². The lowest BCUT2D eigenvalue weighted by molar-refractivity contribution is -0.127. The molecule has 0 saturated carbocycles. The van der Waals surface area contributed by atoms with Crippen LogP contribution in [0.25, 0.3) is 0 Å². The Labute approximate surface area is 129 Å². The summed E-state index contributed by atoms with van der Waals surface area (Å²) >= 11 is 0. The normalized spacial score (nSPS) is 17.9. The quantitative estimate of drug-likeness (QED) is 0.853. The molecular formula is C16H22FN3O2. The van der Waals surface area contributed by atoms with Crippen LogP contribution in [0.1, 0.15) is 25.3 Å². The predicted octanol–water partition coefficient (Wildman–Crippen LogP) is 1.03. The van der Waals surface area contributed by atoms with E-state index >= 15 is 0 Å². The Hall–Kier alpha value is -1.95. The number of carbonyl (C=O) groups is 2. The van der Waals surface area contributed by atoms with Crippen LogP contribution in [-0.2, 0) is 16.1 Å². The molecule has 1 atom stereocenters. The fourth-order valence-electron chi connectivity index (χ4n) is 2.68. The first kappa shape index (κ1) is 16.4. The van der Waals surface area contributed by atoms with Gasteiger partial charge in [0.05, 0.1) is 6.04 Å². The number of rotatable bonds is 5. The number of primary amides is 1. The summed E-state index contributed by atoms with van der Waals surface area (Å²) in [5, 5.41) is 2.85. The molecule has 2 rings (SSSR count). The molecule has 1 aliphatic heterocycles. The lowest BCUT2D eigenvalue weighted by Gasteiger charge is -2.34. The Morgan fingerprint density at radius 1 is 1.32 bits per heavy atom. The number of hydrogen-bond donors (Lipinski definition) is 2. The molecule has 0 aromatic heterocycles. The highest BCUT2D eigenvalue weighted by atomic mass is 19.1. The van der Waals surface area contributed by atoms with E-state index in [0.717, 1.165) is 5.56 Å². The van der Waals surface area contributed by atoms with Gasteiger partial charge in [-0.3, -0.25) is 14.5 Å². The van der Waals surface area contributed by atoms with Crippen LogP contribution in [-0.4, -0.2) is 35.8 Å². The molecule has 1 fully saturated rings. The second-order valence-corrected chi connectivity index (χ2v) is 5.73. The average Bonchev–Trinajstić information content (AvgIpc) is 2.53. The summed E-state index contributed by atoms with van der Waals surface area (Å²) in [6.07, 6.45) is 1.40. The van der Waals surface area contributed by atoms with Crippen molar-refractivity contribution in [2.75, 3.05) is 13.1 Å². The highest BCUT2D eigenvalue weighted by Crippen LogP contribution is 2.18. The molecule has 1 aromatic rings. The van der Waals surface area contributed by atoms with Crippen LogP contribution in [0.5, 0.6) is 0 Å². The van der Waals surface area contributed by atoms with Gasteiger partial charge in [-0.25, -0.2) is 4.39 Å². The fourth-order valence-corrected chi connectivity index (χ4v) is 2.68. The zero-order valence-corrected chi connectivity index (χ0v) is 12.7. The Kier molecular flexibility index (Phi) is 5.49. The third-order valence-corrected chi connectivity index (χ3v) is 4.24. The largest absolute Gasteiger partial charge is 0.369 e. The van der Waals surface area contributed by atoms with Crippen LogP contribution >= 0.6 is 0 Å². The van der Waals surface area contributed by atoms with E-state index in [0.29, 0.717) is 32.5 Å². The third kappa shape index (κ3) is 4.27. The number of benzene rings is 1. The Morgan fingerprint density at radius 2 is 1.91 bits per heavy atom. The van der Waals surface area contributed by atoms with E-state index in [-0.39, 0.29) is 29.6 Å². The lowest BCUT2D eigenvalue weighted by Crippen LogP contribution is -2.49. The number of hydrogen-bond acceptors (Lipinski definition) is 3. The molecule has 1 aliphatic rings. The van der Waals surface area contributed by atoms with Gasteiger partial charge in [-0.2, -0.15) is 0 Å². The van der Waals surface area contributed by atoms with Crippen molar-refractivity contribution in [3.63, 3.8) is 0 Å². The van der Waals surface area contributed by atoms with Crippen molar-refractivity contribution >= 4 is 11.8 Å². The summed E-state index contributed by atoms with van der Waals surface area (Å²) in [4.78, 5) is 25.4. The molecule has 2 amide bonds. The Balaban J connectivity index is 1.80. The van der Waals surface area contributed by atoms with Crippen LogP contribution in [0, 0.1) is 11.7 Å². The maximum Gasteiger partial charge on any atom is 0.237 e. The molecule has 1 aromatic carbocycles. The molecule has 3 N–H and O–H groups in total. The number of likely N-dealkylation sites (tertiary alicyclic amines) is 1. The van der Waals surface area contributed by atoms with Gasteiger partial charge < -0.3 is 11.1 Å². The number of amides is 2. The summed E-state index contributed by atoms with van der Waals surface area (Å²) in [5.41, 5.74) is 6.16.